The van der Waals surface area contributed by atoms with Crippen LogP contribution in [0.4, 0.5) is 4.39 Å². The first-order valence-corrected chi connectivity index (χ1v) is 12.2. The van der Waals surface area contributed by atoms with E-state index in [0.29, 0.717) is 13.0 Å². The Morgan fingerprint density at radius 2 is 1.73 bits per heavy atom. The zero-order chi connectivity index (χ0) is 21.4. The number of benzene rings is 2. The Morgan fingerprint density at radius 3 is 2.40 bits per heavy atom. The van der Waals surface area contributed by atoms with E-state index in [1.165, 1.54) is 29.8 Å². The topological polar surface area (TPSA) is 49.9 Å². The standard InChI is InChI=1S/C23H31FN2O3S/c1-20(18-25-13-15-29-16-14-25)26(19-21-6-3-2-4-7-21)12-5-17-30(27,28)23-10-8-22(24)9-11-23/h2-4,6-11,20H,5,12-19H2,1H3. The summed E-state index contributed by atoms with van der Waals surface area (Å²) < 4.78 is 43.8. The van der Waals surface area contributed by atoms with Gasteiger partial charge in [0.05, 0.1) is 23.9 Å². The lowest BCUT2D eigenvalue weighted by molar-refractivity contribution is 0.0236. The molecule has 3 rings (SSSR count). The maximum Gasteiger partial charge on any atom is 0.178 e. The smallest absolute Gasteiger partial charge is 0.178 e. The van der Waals surface area contributed by atoms with Gasteiger partial charge >= 0.3 is 0 Å². The lowest BCUT2D eigenvalue weighted by Crippen LogP contribution is -2.46. The van der Waals surface area contributed by atoms with E-state index in [4.69, 9.17) is 4.74 Å². The summed E-state index contributed by atoms with van der Waals surface area (Å²) >= 11 is 0. The fourth-order valence-corrected chi connectivity index (χ4v) is 5.06. The summed E-state index contributed by atoms with van der Waals surface area (Å²) in [6.45, 7) is 7.99. The van der Waals surface area contributed by atoms with Crippen molar-refractivity contribution in [2.75, 3.05) is 45.1 Å². The second-order valence-electron chi connectivity index (χ2n) is 7.84. The van der Waals surface area contributed by atoms with Crippen molar-refractivity contribution < 1.29 is 17.5 Å². The molecule has 30 heavy (non-hydrogen) atoms. The molecule has 1 fully saturated rings. The fourth-order valence-electron chi connectivity index (χ4n) is 3.76. The van der Waals surface area contributed by atoms with Gasteiger partial charge in [-0.25, -0.2) is 12.8 Å². The van der Waals surface area contributed by atoms with Crippen molar-refractivity contribution in [1.29, 1.82) is 0 Å². The Kier molecular flexibility index (Phi) is 8.39. The van der Waals surface area contributed by atoms with Crippen LogP contribution in [0.2, 0.25) is 0 Å². The second kappa shape index (κ2) is 11.0. The summed E-state index contributed by atoms with van der Waals surface area (Å²) in [5.41, 5.74) is 1.22. The SMILES string of the molecule is CC(CN1CCOCC1)N(CCCS(=O)(=O)c1ccc(F)cc1)Cc1ccccc1. The fraction of sp³-hybridized carbons (Fsp3) is 0.478. The minimum absolute atomic E-state index is 0.0498. The van der Waals surface area contributed by atoms with E-state index in [9.17, 15) is 12.8 Å². The van der Waals surface area contributed by atoms with Gasteiger partial charge in [-0.1, -0.05) is 30.3 Å². The maximum absolute atomic E-state index is 13.1. The van der Waals surface area contributed by atoms with E-state index < -0.39 is 15.7 Å². The molecule has 0 aromatic heterocycles. The maximum atomic E-state index is 13.1. The van der Waals surface area contributed by atoms with Crippen molar-refractivity contribution in [1.82, 2.24) is 9.80 Å². The van der Waals surface area contributed by atoms with Gasteiger partial charge in [0.15, 0.2) is 9.84 Å². The average Bonchev–Trinajstić information content (AvgIpc) is 2.75. The highest BCUT2D eigenvalue weighted by atomic mass is 32.2. The first-order valence-electron chi connectivity index (χ1n) is 10.5. The van der Waals surface area contributed by atoms with Crippen LogP contribution in [0.15, 0.2) is 59.5 Å². The Hall–Kier alpha value is -1.80. The molecule has 1 saturated heterocycles. The molecule has 0 saturated carbocycles. The molecule has 1 aliphatic heterocycles. The highest BCUT2D eigenvalue weighted by molar-refractivity contribution is 7.91. The molecule has 1 aliphatic rings. The molecule has 2 aromatic carbocycles. The van der Waals surface area contributed by atoms with Crippen LogP contribution in [0, 0.1) is 5.82 Å². The lowest BCUT2D eigenvalue weighted by Gasteiger charge is -2.35. The van der Waals surface area contributed by atoms with Crippen LogP contribution in [0.3, 0.4) is 0 Å². The van der Waals surface area contributed by atoms with Crippen molar-refractivity contribution >= 4 is 9.84 Å². The molecule has 5 nitrogen and oxygen atoms in total. The Labute approximate surface area is 179 Å². The number of hydrogen-bond donors (Lipinski definition) is 0. The minimum Gasteiger partial charge on any atom is -0.379 e. The van der Waals surface area contributed by atoms with Gasteiger partial charge in [0.2, 0.25) is 0 Å². The zero-order valence-corrected chi connectivity index (χ0v) is 18.4. The third kappa shape index (κ3) is 6.87. The number of morpholine rings is 1. The van der Waals surface area contributed by atoms with Gasteiger partial charge in [0.1, 0.15) is 5.82 Å². The van der Waals surface area contributed by atoms with Gasteiger partial charge in [0.25, 0.3) is 0 Å². The molecule has 1 atom stereocenters. The van der Waals surface area contributed by atoms with Gasteiger partial charge in [-0.15, -0.1) is 0 Å². The minimum atomic E-state index is -3.42. The number of rotatable bonds is 10. The predicted molar refractivity (Wildman–Crippen MR) is 117 cm³/mol. The monoisotopic (exact) mass is 434 g/mol. The molecular weight excluding hydrogens is 403 g/mol. The number of halogens is 1. The van der Waals surface area contributed by atoms with E-state index in [0.717, 1.165) is 39.4 Å². The second-order valence-corrected chi connectivity index (χ2v) is 9.95. The predicted octanol–water partition coefficient (Wildman–Crippen LogP) is 3.21. The van der Waals surface area contributed by atoms with E-state index in [2.05, 4.69) is 28.9 Å². The molecule has 1 unspecified atom stereocenters. The number of nitrogens with zero attached hydrogens (tertiary/aromatic N) is 2. The first kappa shape index (κ1) is 22.9. The van der Waals surface area contributed by atoms with E-state index in [1.807, 2.05) is 18.2 Å². The van der Waals surface area contributed by atoms with Crippen molar-refractivity contribution in [2.24, 2.45) is 0 Å². The molecule has 2 aromatic rings. The molecule has 0 bridgehead atoms. The number of ether oxygens (including phenoxy) is 1. The van der Waals surface area contributed by atoms with Crippen LogP contribution < -0.4 is 0 Å². The molecule has 0 amide bonds. The third-order valence-corrected chi connectivity index (χ3v) is 7.33. The normalized spacial score (nSPS) is 16.6. The third-order valence-electron chi connectivity index (χ3n) is 5.51. The van der Waals surface area contributed by atoms with Crippen LogP contribution in [0.5, 0.6) is 0 Å². The molecule has 0 aliphatic carbocycles. The largest absolute Gasteiger partial charge is 0.379 e. The number of hydrogen-bond acceptors (Lipinski definition) is 5. The molecule has 0 N–H and O–H groups in total. The lowest BCUT2D eigenvalue weighted by atomic mass is 10.1. The Morgan fingerprint density at radius 1 is 1.07 bits per heavy atom. The molecule has 0 spiro atoms. The van der Waals surface area contributed by atoms with Gasteiger partial charge in [-0.05, 0) is 49.7 Å². The number of sulfone groups is 1. The van der Waals surface area contributed by atoms with Crippen LogP contribution >= 0.6 is 0 Å². The van der Waals surface area contributed by atoms with E-state index in [-0.39, 0.29) is 16.7 Å². The summed E-state index contributed by atoms with van der Waals surface area (Å²) in [7, 11) is -3.42. The average molecular weight is 435 g/mol. The summed E-state index contributed by atoms with van der Waals surface area (Å²) in [6, 6.07) is 15.6. The van der Waals surface area contributed by atoms with Gasteiger partial charge in [-0.3, -0.25) is 9.80 Å². The Balaban J connectivity index is 1.61. The van der Waals surface area contributed by atoms with E-state index >= 15 is 0 Å². The first-order chi connectivity index (χ1) is 14.4. The van der Waals surface area contributed by atoms with Crippen LogP contribution in [-0.4, -0.2) is 69.4 Å². The zero-order valence-electron chi connectivity index (χ0n) is 17.5. The van der Waals surface area contributed by atoms with Crippen molar-refractivity contribution in [3.8, 4) is 0 Å². The molecule has 0 radical (unpaired) electrons. The quantitative estimate of drug-likeness (QED) is 0.538. The van der Waals surface area contributed by atoms with Crippen LogP contribution in [-0.2, 0) is 21.1 Å². The highest BCUT2D eigenvalue weighted by Crippen LogP contribution is 2.15. The molecule has 7 heteroatoms. The van der Waals surface area contributed by atoms with Crippen LogP contribution in [0.1, 0.15) is 18.9 Å². The van der Waals surface area contributed by atoms with Gasteiger partial charge < -0.3 is 4.74 Å². The summed E-state index contributed by atoms with van der Waals surface area (Å²) in [5, 5.41) is 0. The van der Waals surface area contributed by atoms with Crippen molar-refractivity contribution in [3.63, 3.8) is 0 Å². The van der Waals surface area contributed by atoms with Crippen LogP contribution in [0.25, 0.3) is 0 Å². The van der Waals surface area contributed by atoms with E-state index in [1.54, 1.807) is 0 Å². The van der Waals surface area contributed by atoms with Crippen molar-refractivity contribution in [2.45, 2.75) is 30.8 Å². The van der Waals surface area contributed by atoms with Crippen molar-refractivity contribution in [3.05, 3.63) is 66.0 Å². The summed E-state index contributed by atoms with van der Waals surface area (Å²) in [6.07, 6.45) is 0.528. The van der Waals surface area contributed by atoms with Gasteiger partial charge in [0, 0.05) is 32.2 Å². The molecular formula is C23H31FN2O3S. The van der Waals surface area contributed by atoms with Gasteiger partial charge in [-0.2, -0.15) is 0 Å². The summed E-state index contributed by atoms with van der Waals surface area (Å²) in [4.78, 5) is 4.94. The highest BCUT2D eigenvalue weighted by Gasteiger charge is 2.21. The summed E-state index contributed by atoms with van der Waals surface area (Å²) in [5.74, 6) is -0.381. The molecule has 1 heterocycles. The Bertz CT molecular complexity index is 869. The molecule has 164 valence electrons.